The predicted molar refractivity (Wildman–Crippen MR) is 65.0 cm³/mol. The Morgan fingerprint density at radius 2 is 2.05 bits per heavy atom. The lowest BCUT2D eigenvalue weighted by Gasteiger charge is -2.35. The highest BCUT2D eigenvalue weighted by Gasteiger charge is 2.47. The summed E-state index contributed by atoms with van der Waals surface area (Å²) >= 11 is 5.80. The van der Waals surface area contributed by atoms with Crippen LogP contribution in [0.15, 0.2) is 28.8 Å². The lowest BCUT2D eigenvalue weighted by atomic mass is 10.0. The van der Waals surface area contributed by atoms with E-state index in [1.54, 1.807) is 24.3 Å². The van der Waals surface area contributed by atoms with E-state index in [1.165, 1.54) is 0 Å². The molecule has 0 saturated carbocycles. The largest absolute Gasteiger partial charge is 0.355 e. The van der Waals surface area contributed by atoms with E-state index in [9.17, 15) is 4.39 Å². The summed E-state index contributed by atoms with van der Waals surface area (Å²) in [6.45, 7) is 0.385. The molecule has 0 bridgehead atoms. The van der Waals surface area contributed by atoms with Crippen LogP contribution in [0, 0.1) is 0 Å². The second-order valence-corrected chi connectivity index (χ2v) is 4.73. The molecule has 2 aromatic rings. The Kier molecular flexibility index (Phi) is 3.22. The van der Waals surface area contributed by atoms with Crippen molar-refractivity contribution in [1.29, 1.82) is 0 Å². The molecular formula is C12H12ClFN3O2+. The van der Waals surface area contributed by atoms with E-state index in [2.05, 4.69) is 15.9 Å². The Hall–Kier alpha value is -1.50. The normalized spacial score (nSPS) is 26.2. The number of nitrogens with zero attached hydrogens (tertiary/aromatic N) is 2. The summed E-state index contributed by atoms with van der Waals surface area (Å²) in [5.41, 5.74) is 4.36. The molecule has 19 heavy (non-hydrogen) atoms. The highest BCUT2D eigenvalue weighted by molar-refractivity contribution is 6.30. The van der Waals surface area contributed by atoms with E-state index in [0.29, 0.717) is 17.4 Å². The lowest BCUT2D eigenvalue weighted by molar-refractivity contribution is -0.411. The highest BCUT2D eigenvalue weighted by atomic mass is 35.5. The van der Waals surface area contributed by atoms with Crippen molar-refractivity contribution in [3.05, 3.63) is 35.2 Å². The highest BCUT2D eigenvalue weighted by Crippen LogP contribution is 2.37. The Morgan fingerprint density at radius 3 is 2.68 bits per heavy atom. The number of aromatic nitrogens is 2. The average molecular weight is 285 g/mol. The maximum atomic E-state index is 13.7. The number of halogens is 2. The number of hydrogen-bond donors (Lipinski definition) is 1. The standard InChI is InChI=1S/C12H11ClFN3O2/c13-7-3-1-6(2-4-7)11-16-12(19-17-11)10-9(14)8(5-15)18-10/h1-4,8-10H,5,15H2/p+1/t8-,9+,10-/m1/s1. The third kappa shape index (κ3) is 2.22. The van der Waals surface area contributed by atoms with Crippen LogP contribution in [0.2, 0.25) is 5.02 Å². The molecule has 0 amide bonds. The number of ether oxygens (including phenoxy) is 1. The van der Waals surface area contributed by atoms with Crippen molar-refractivity contribution in [2.24, 2.45) is 0 Å². The molecule has 7 heteroatoms. The molecule has 100 valence electrons. The summed E-state index contributed by atoms with van der Waals surface area (Å²) in [5.74, 6) is 0.544. The van der Waals surface area contributed by atoms with Crippen molar-refractivity contribution >= 4 is 11.6 Å². The molecular weight excluding hydrogens is 273 g/mol. The van der Waals surface area contributed by atoms with Crippen molar-refractivity contribution in [3.8, 4) is 11.4 Å². The molecule has 3 N–H and O–H groups in total. The molecule has 2 heterocycles. The molecule has 0 aliphatic carbocycles. The van der Waals surface area contributed by atoms with Gasteiger partial charge in [-0.25, -0.2) is 4.39 Å². The van der Waals surface area contributed by atoms with Crippen LogP contribution in [-0.4, -0.2) is 29.0 Å². The molecule has 0 spiro atoms. The summed E-state index contributed by atoms with van der Waals surface area (Å²) in [6.07, 6.45) is -2.40. The Balaban J connectivity index is 1.79. The van der Waals surface area contributed by atoms with Gasteiger partial charge in [-0.3, -0.25) is 0 Å². The van der Waals surface area contributed by atoms with Gasteiger partial charge in [0.25, 0.3) is 5.89 Å². The van der Waals surface area contributed by atoms with Crippen molar-refractivity contribution in [1.82, 2.24) is 10.1 Å². The van der Waals surface area contributed by atoms with Crippen LogP contribution in [0.3, 0.4) is 0 Å². The van der Waals surface area contributed by atoms with Crippen molar-refractivity contribution in [2.75, 3.05) is 6.54 Å². The van der Waals surface area contributed by atoms with E-state index in [4.69, 9.17) is 20.9 Å². The first-order chi connectivity index (χ1) is 9.19. The molecule has 1 aliphatic rings. The van der Waals surface area contributed by atoms with Crippen LogP contribution < -0.4 is 5.73 Å². The van der Waals surface area contributed by atoms with Crippen molar-refractivity contribution in [3.63, 3.8) is 0 Å². The van der Waals surface area contributed by atoms with E-state index < -0.39 is 18.4 Å². The van der Waals surface area contributed by atoms with Gasteiger partial charge in [-0.2, -0.15) is 4.98 Å². The lowest BCUT2D eigenvalue weighted by Crippen LogP contribution is -2.63. The van der Waals surface area contributed by atoms with Gasteiger partial charge in [-0.1, -0.05) is 16.8 Å². The van der Waals surface area contributed by atoms with Gasteiger partial charge in [0, 0.05) is 10.6 Å². The first-order valence-electron chi connectivity index (χ1n) is 5.87. The number of hydrogen-bond acceptors (Lipinski definition) is 4. The zero-order chi connectivity index (χ0) is 13.4. The maximum Gasteiger partial charge on any atom is 0.259 e. The molecule has 5 nitrogen and oxygen atoms in total. The monoisotopic (exact) mass is 284 g/mol. The summed E-state index contributed by atoms with van der Waals surface area (Å²) in [6, 6.07) is 6.99. The van der Waals surface area contributed by atoms with Crippen molar-refractivity contribution < 1.29 is 19.4 Å². The minimum Gasteiger partial charge on any atom is -0.355 e. The molecule has 3 rings (SSSR count). The van der Waals surface area contributed by atoms with Gasteiger partial charge in [0.1, 0.15) is 12.6 Å². The SMILES string of the molecule is [NH3+]C[C@H]1O[C@@H](c2nc(-c3ccc(Cl)cc3)no2)[C@H]1F. The minimum absolute atomic E-state index is 0.155. The van der Waals surface area contributed by atoms with Crippen LogP contribution in [-0.2, 0) is 4.74 Å². The number of alkyl halides is 1. The van der Waals surface area contributed by atoms with Gasteiger partial charge in [0.2, 0.25) is 5.82 Å². The van der Waals surface area contributed by atoms with Crippen molar-refractivity contribution in [2.45, 2.75) is 18.4 Å². The number of quaternary nitrogens is 1. The summed E-state index contributed by atoms with van der Waals surface area (Å²) < 4.78 is 24.0. The minimum atomic E-state index is -1.14. The second kappa shape index (κ2) is 4.88. The van der Waals surface area contributed by atoms with E-state index >= 15 is 0 Å². The quantitative estimate of drug-likeness (QED) is 0.924. The Labute approximate surface area is 113 Å². The Bertz CT molecular complexity index is 575. The van der Waals surface area contributed by atoms with Crippen LogP contribution in [0.1, 0.15) is 12.0 Å². The molecule has 1 saturated heterocycles. The van der Waals surface area contributed by atoms with E-state index in [-0.39, 0.29) is 5.89 Å². The predicted octanol–water partition coefficient (Wildman–Crippen LogP) is 1.41. The third-order valence-corrected chi connectivity index (χ3v) is 3.29. The van der Waals surface area contributed by atoms with Gasteiger partial charge >= 0.3 is 0 Å². The van der Waals surface area contributed by atoms with Gasteiger partial charge in [-0.15, -0.1) is 0 Å². The van der Waals surface area contributed by atoms with Crippen LogP contribution in [0.25, 0.3) is 11.4 Å². The molecule has 1 aromatic heterocycles. The molecule has 3 atom stereocenters. The second-order valence-electron chi connectivity index (χ2n) is 4.29. The molecule has 1 aliphatic heterocycles. The van der Waals surface area contributed by atoms with E-state index in [0.717, 1.165) is 5.56 Å². The summed E-state index contributed by atoms with van der Waals surface area (Å²) in [4.78, 5) is 4.15. The molecule has 1 fully saturated rings. The number of benzene rings is 1. The van der Waals surface area contributed by atoms with Crippen LogP contribution in [0.5, 0.6) is 0 Å². The van der Waals surface area contributed by atoms with Crippen LogP contribution in [0.4, 0.5) is 4.39 Å². The smallest absolute Gasteiger partial charge is 0.259 e. The third-order valence-electron chi connectivity index (χ3n) is 3.04. The van der Waals surface area contributed by atoms with E-state index in [1.807, 2.05) is 0 Å². The van der Waals surface area contributed by atoms with Gasteiger partial charge in [0.05, 0.1) is 0 Å². The first kappa shape index (κ1) is 12.5. The Morgan fingerprint density at radius 1 is 1.32 bits per heavy atom. The van der Waals surface area contributed by atoms with Gasteiger partial charge < -0.3 is 15.0 Å². The van der Waals surface area contributed by atoms with Gasteiger partial charge in [-0.05, 0) is 24.3 Å². The zero-order valence-electron chi connectivity index (χ0n) is 9.92. The average Bonchev–Trinajstić information content (AvgIpc) is 2.88. The fourth-order valence-electron chi connectivity index (χ4n) is 1.93. The van der Waals surface area contributed by atoms with Gasteiger partial charge in [0.15, 0.2) is 12.3 Å². The number of rotatable bonds is 3. The summed E-state index contributed by atoms with van der Waals surface area (Å²) in [5, 5.41) is 4.43. The fourth-order valence-corrected chi connectivity index (χ4v) is 2.06. The first-order valence-corrected chi connectivity index (χ1v) is 6.25. The molecule has 1 aromatic carbocycles. The maximum absolute atomic E-state index is 13.7. The fraction of sp³-hybridized carbons (Fsp3) is 0.333. The topological polar surface area (TPSA) is 75.8 Å². The van der Waals surface area contributed by atoms with Crippen LogP contribution >= 0.6 is 11.6 Å². The summed E-state index contributed by atoms with van der Waals surface area (Å²) in [7, 11) is 0. The zero-order valence-corrected chi connectivity index (χ0v) is 10.7. The molecule has 0 unspecified atom stereocenters. The molecule has 0 radical (unpaired) electrons.